The normalized spacial score (nSPS) is 19.2. The lowest BCUT2D eigenvalue weighted by Crippen LogP contribution is -2.25. The highest BCUT2D eigenvalue weighted by atomic mass is 16.2. The Balaban J connectivity index is 1.53. The monoisotopic (exact) mass is 346 g/mol. The second-order valence-corrected chi connectivity index (χ2v) is 6.58. The molecule has 1 saturated carbocycles. The molecule has 1 fully saturated rings. The van der Waals surface area contributed by atoms with Crippen LogP contribution in [-0.4, -0.2) is 17.5 Å². The number of carbonyl (C=O) groups is 3. The molecule has 1 aliphatic carbocycles. The Kier molecular flexibility index (Phi) is 4.13. The number of nitrogens with one attached hydrogen (secondary N) is 2. The third-order valence-electron chi connectivity index (χ3n) is 4.95. The first kappa shape index (κ1) is 16.3. The summed E-state index contributed by atoms with van der Waals surface area (Å²) >= 11 is 0. The minimum Gasteiger partial charge on any atom is -0.361 e. The summed E-state index contributed by atoms with van der Waals surface area (Å²) in [5, 5.41) is 5.83. The predicted molar refractivity (Wildman–Crippen MR) is 97.7 cm³/mol. The van der Waals surface area contributed by atoms with Crippen molar-refractivity contribution >= 4 is 23.2 Å². The zero-order chi connectivity index (χ0) is 18.1. The zero-order valence-corrected chi connectivity index (χ0v) is 14.1. The number of ketones is 2. The number of carbonyl (C=O) groups excluding carboxylic acids is 3. The first-order valence-electron chi connectivity index (χ1n) is 8.61. The summed E-state index contributed by atoms with van der Waals surface area (Å²) < 4.78 is 0. The summed E-state index contributed by atoms with van der Waals surface area (Å²) in [6.07, 6.45) is 2.15. The van der Waals surface area contributed by atoms with E-state index in [0.717, 1.165) is 16.8 Å². The van der Waals surface area contributed by atoms with Gasteiger partial charge in [-0.2, -0.15) is 0 Å². The summed E-state index contributed by atoms with van der Waals surface area (Å²) in [6.45, 7) is 0.443. The molecule has 5 heteroatoms. The van der Waals surface area contributed by atoms with Gasteiger partial charge >= 0.3 is 0 Å². The van der Waals surface area contributed by atoms with Crippen molar-refractivity contribution in [3.63, 3.8) is 0 Å². The van der Waals surface area contributed by atoms with Crippen LogP contribution in [0.2, 0.25) is 0 Å². The fraction of sp³-hybridized carbons (Fsp3) is 0.190. The van der Waals surface area contributed by atoms with Crippen molar-refractivity contribution in [3.8, 4) is 0 Å². The maximum Gasteiger partial charge on any atom is 0.251 e. The van der Waals surface area contributed by atoms with E-state index in [1.165, 1.54) is 6.20 Å². The number of hydrogen-bond donors (Lipinski definition) is 2. The van der Waals surface area contributed by atoms with Gasteiger partial charge in [0, 0.05) is 42.4 Å². The molecule has 2 aliphatic rings. The number of benzene rings is 2. The number of hydrogen-bond acceptors (Lipinski definition) is 4. The number of allylic oxidation sites excluding steroid dienone is 1. The molecule has 0 unspecified atom stereocenters. The standard InChI is InChI=1S/C21H18N2O3/c24-19-9-14(13-5-2-1-3-6-13)10-20(25)17(19)12-22-18-8-4-7-15-16(18)11-23-21(15)26/h1-8,12,14,22H,9-11H2,(H,23,26). The molecule has 1 heterocycles. The topological polar surface area (TPSA) is 75.3 Å². The van der Waals surface area contributed by atoms with E-state index in [1.54, 1.807) is 12.1 Å². The third kappa shape index (κ3) is 2.92. The Morgan fingerprint density at radius 3 is 2.38 bits per heavy atom. The molecule has 1 amide bonds. The number of Topliss-reactive ketones (excluding diaryl/α,β-unsaturated/α-hetero) is 2. The predicted octanol–water partition coefficient (Wildman–Crippen LogP) is 2.94. The average Bonchev–Trinajstić information content (AvgIpc) is 3.03. The van der Waals surface area contributed by atoms with Crippen LogP contribution in [0.3, 0.4) is 0 Å². The highest BCUT2D eigenvalue weighted by Gasteiger charge is 2.31. The lowest BCUT2D eigenvalue weighted by molar-refractivity contribution is -0.124. The summed E-state index contributed by atoms with van der Waals surface area (Å²) in [5.74, 6) is -0.461. The van der Waals surface area contributed by atoms with E-state index >= 15 is 0 Å². The molecule has 0 bridgehead atoms. The molecule has 0 aromatic heterocycles. The van der Waals surface area contributed by atoms with E-state index in [4.69, 9.17) is 0 Å². The highest BCUT2D eigenvalue weighted by molar-refractivity contribution is 6.22. The van der Waals surface area contributed by atoms with Gasteiger partial charge in [-0.25, -0.2) is 0 Å². The third-order valence-corrected chi connectivity index (χ3v) is 4.95. The van der Waals surface area contributed by atoms with Crippen molar-refractivity contribution in [3.05, 3.63) is 77.0 Å². The Morgan fingerprint density at radius 2 is 1.65 bits per heavy atom. The SMILES string of the molecule is O=C1CC(c2ccccc2)CC(=O)C1=CNc1cccc2c1CNC2=O. The first-order valence-corrected chi connectivity index (χ1v) is 8.61. The van der Waals surface area contributed by atoms with Crippen molar-refractivity contribution < 1.29 is 14.4 Å². The largest absolute Gasteiger partial charge is 0.361 e. The first-order chi connectivity index (χ1) is 12.6. The molecule has 5 nitrogen and oxygen atoms in total. The maximum atomic E-state index is 12.5. The van der Waals surface area contributed by atoms with Gasteiger partial charge in [0.05, 0.1) is 5.57 Å². The molecule has 2 aromatic rings. The van der Waals surface area contributed by atoms with Crippen molar-refractivity contribution in [2.24, 2.45) is 0 Å². The van der Waals surface area contributed by atoms with E-state index in [2.05, 4.69) is 10.6 Å². The smallest absolute Gasteiger partial charge is 0.251 e. The van der Waals surface area contributed by atoms with Crippen LogP contribution in [0.15, 0.2) is 60.3 Å². The van der Waals surface area contributed by atoms with E-state index in [1.807, 2.05) is 36.4 Å². The van der Waals surface area contributed by atoms with Gasteiger partial charge in [0.15, 0.2) is 11.6 Å². The van der Waals surface area contributed by atoms with E-state index in [9.17, 15) is 14.4 Å². The molecule has 0 radical (unpaired) electrons. The summed E-state index contributed by atoms with van der Waals surface area (Å²) in [4.78, 5) is 36.7. The van der Waals surface area contributed by atoms with Gasteiger partial charge in [-0.1, -0.05) is 36.4 Å². The van der Waals surface area contributed by atoms with Gasteiger partial charge in [0.1, 0.15) is 0 Å². The van der Waals surface area contributed by atoms with Crippen LogP contribution < -0.4 is 10.6 Å². The van der Waals surface area contributed by atoms with E-state index in [-0.39, 0.29) is 29.0 Å². The van der Waals surface area contributed by atoms with Crippen LogP contribution in [0.5, 0.6) is 0 Å². The molecule has 1 aliphatic heterocycles. The molecule has 130 valence electrons. The fourth-order valence-electron chi connectivity index (χ4n) is 3.56. The van der Waals surface area contributed by atoms with Gasteiger partial charge in [0.2, 0.25) is 0 Å². The summed E-state index contributed by atoms with van der Waals surface area (Å²) in [5.41, 5.74) is 3.43. The number of fused-ring (bicyclic) bond motifs is 1. The Morgan fingerprint density at radius 1 is 0.923 bits per heavy atom. The van der Waals surface area contributed by atoms with Crippen LogP contribution in [0.1, 0.15) is 40.2 Å². The number of amides is 1. The molecule has 0 atom stereocenters. The average molecular weight is 346 g/mol. The molecule has 26 heavy (non-hydrogen) atoms. The molecule has 0 spiro atoms. The van der Waals surface area contributed by atoms with Gasteiger partial charge in [-0.15, -0.1) is 0 Å². The number of rotatable bonds is 3. The van der Waals surface area contributed by atoms with Gasteiger partial charge in [-0.3, -0.25) is 14.4 Å². The minimum absolute atomic E-state index is 0.0591. The molecule has 4 rings (SSSR count). The second-order valence-electron chi connectivity index (χ2n) is 6.58. The van der Waals surface area contributed by atoms with Gasteiger partial charge < -0.3 is 10.6 Å². The highest BCUT2D eigenvalue weighted by Crippen LogP contribution is 2.32. The van der Waals surface area contributed by atoms with Crippen molar-refractivity contribution in [2.75, 3.05) is 5.32 Å². The van der Waals surface area contributed by atoms with Crippen molar-refractivity contribution in [1.82, 2.24) is 5.32 Å². The lowest BCUT2D eigenvalue weighted by Gasteiger charge is -2.22. The van der Waals surface area contributed by atoms with Crippen LogP contribution in [0.25, 0.3) is 0 Å². The van der Waals surface area contributed by atoms with Crippen molar-refractivity contribution in [2.45, 2.75) is 25.3 Å². The molecular formula is C21H18N2O3. The zero-order valence-electron chi connectivity index (χ0n) is 14.1. The van der Waals surface area contributed by atoms with Crippen LogP contribution in [0, 0.1) is 0 Å². The van der Waals surface area contributed by atoms with E-state index < -0.39 is 0 Å². The molecule has 2 N–H and O–H groups in total. The molecule has 0 saturated heterocycles. The van der Waals surface area contributed by atoms with Crippen LogP contribution in [0.4, 0.5) is 5.69 Å². The minimum atomic E-state index is -0.149. The van der Waals surface area contributed by atoms with Gasteiger partial charge in [0.25, 0.3) is 5.91 Å². The Hall–Kier alpha value is -3.21. The van der Waals surface area contributed by atoms with Crippen LogP contribution in [-0.2, 0) is 16.1 Å². The molecule has 2 aromatic carbocycles. The lowest BCUT2D eigenvalue weighted by atomic mass is 9.80. The number of anilines is 1. The van der Waals surface area contributed by atoms with Crippen molar-refractivity contribution in [1.29, 1.82) is 0 Å². The van der Waals surface area contributed by atoms with E-state index in [0.29, 0.717) is 24.9 Å². The summed E-state index contributed by atoms with van der Waals surface area (Å²) in [6, 6.07) is 15.0. The Bertz CT molecular complexity index is 912. The quantitative estimate of drug-likeness (QED) is 0.662. The van der Waals surface area contributed by atoms with Gasteiger partial charge in [-0.05, 0) is 23.6 Å². The molecular weight excluding hydrogens is 328 g/mol. The van der Waals surface area contributed by atoms with Crippen LogP contribution >= 0.6 is 0 Å². The summed E-state index contributed by atoms with van der Waals surface area (Å²) in [7, 11) is 0. The second kappa shape index (κ2) is 6.59. The fourth-order valence-corrected chi connectivity index (χ4v) is 3.56. The maximum absolute atomic E-state index is 12.5. The Labute approximate surface area is 151 Å².